The Bertz CT molecular complexity index is 915. The van der Waals surface area contributed by atoms with Crippen LogP contribution in [0.25, 0.3) is 0 Å². The van der Waals surface area contributed by atoms with Gasteiger partial charge in [-0.3, -0.25) is 4.79 Å². The Morgan fingerprint density at radius 2 is 1.44 bits per heavy atom. The molecule has 0 aromatic heterocycles. The van der Waals surface area contributed by atoms with Gasteiger partial charge in [-0.15, -0.1) is 0 Å². The maximum absolute atomic E-state index is 12.1. The van der Waals surface area contributed by atoms with Crippen LogP contribution in [0.3, 0.4) is 0 Å². The van der Waals surface area contributed by atoms with E-state index in [9.17, 15) is 9.59 Å². The monoisotopic (exact) mass is 360 g/mol. The van der Waals surface area contributed by atoms with Crippen molar-refractivity contribution in [3.63, 3.8) is 0 Å². The minimum atomic E-state index is -1.00. The molecule has 0 radical (unpaired) electrons. The lowest BCUT2D eigenvalue weighted by Crippen LogP contribution is -2.14. The minimum Gasteiger partial charge on any atom is -0.486 e. The second-order valence-corrected chi connectivity index (χ2v) is 6.32. The van der Waals surface area contributed by atoms with Crippen molar-refractivity contribution in [1.29, 1.82) is 0 Å². The van der Waals surface area contributed by atoms with Gasteiger partial charge in [0.15, 0.2) is 5.78 Å². The van der Waals surface area contributed by atoms with Crippen LogP contribution in [0.5, 0.6) is 5.75 Å². The molecule has 0 unspecified atom stereocenters. The summed E-state index contributed by atoms with van der Waals surface area (Å²) in [6.45, 7) is -0.0463. The highest BCUT2D eigenvalue weighted by atomic mass is 16.5. The molecule has 0 spiro atoms. The van der Waals surface area contributed by atoms with Gasteiger partial charge in [0.1, 0.15) is 12.4 Å². The van der Waals surface area contributed by atoms with Crippen LogP contribution in [0.1, 0.15) is 27.0 Å². The smallest absolute Gasteiger partial charge is 0.335 e. The third-order valence-corrected chi connectivity index (χ3v) is 4.15. The lowest BCUT2D eigenvalue weighted by atomic mass is 10.1. The van der Waals surface area contributed by atoms with Gasteiger partial charge in [-0.2, -0.15) is 0 Å². The number of benzene rings is 3. The van der Waals surface area contributed by atoms with Gasteiger partial charge in [-0.25, -0.2) is 4.79 Å². The van der Waals surface area contributed by atoms with Gasteiger partial charge in [0.2, 0.25) is 0 Å². The van der Waals surface area contributed by atoms with Gasteiger partial charge < -0.3 is 9.84 Å². The molecule has 0 saturated heterocycles. The Morgan fingerprint density at radius 3 is 2.15 bits per heavy atom. The van der Waals surface area contributed by atoms with E-state index >= 15 is 0 Å². The molecule has 0 amide bonds. The van der Waals surface area contributed by atoms with Gasteiger partial charge in [0.05, 0.1) is 5.56 Å². The van der Waals surface area contributed by atoms with E-state index in [-0.39, 0.29) is 24.4 Å². The average molecular weight is 360 g/mol. The van der Waals surface area contributed by atoms with Gasteiger partial charge in [-0.05, 0) is 47.4 Å². The van der Waals surface area contributed by atoms with Crippen molar-refractivity contribution >= 4 is 11.8 Å². The van der Waals surface area contributed by atoms with Crippen LogP contribution in [0.2, 0.25) is 0 Å². The zero-order valence-corrected chi connectivity index (χ0v) is 14.8. The summed E-state index contributed by atoms with van der Waals surface area (Å²) in [5, 5.41) is 9.00. The second kappa shape index (κ2) is 8.81. The van der Waals surface area contributed by atoms with Crippen LogP contribution < -0.4 is 4.74 Å². The summed E-state index contributed by atoms with van der Waals surface area (Å²) >= 11 is 0. The van der Waals surface area contributed by atoms with E-state index in [0.717, 1.165) is 6.42 Å². The van der Waals surface area contributed by atoms with Crippen LogP contribution in [-0.2, 0) is 17.6 Å². The van der Waals surface area contributed by atoms with Crippen molar-refractivity contribution in [3.05, 3.63) is 101 Å². The predicted molar refractivity (Wildman–Crippen MR) is 103 cm³/mol. The summed E-state index contributed by atoms with van der Waals surface area (Å²) in [5.74, 6) is -0.471. The standard InChI is InChI=1S/C23H20O4/c24-21(15-19-7-4-8-20(14-19)23(25)26)16-27-22-11-9-18(10-12-22)13-17-5-2-1-3-6-17/h1-12,14H,13,15-16H2,(H,25,26). The molecule has 0 aliphatic rings. The van der Waals surface area contributed by atoms with Crippen molar-refractivity contribution in [3.8, 4) is 5.75 Å². The van der Waals surface area contributed by atoms with Gasteiger partial charge in [0, 0.05) is 6.42 Å². The van der Waals surface area contributed by atoms with E-state index < -0.39 is 5.97 Å². The van der Waals surface area contributed by atoms with Crippen molar-refractivity contribution in [2.45, 2.75) is 12.8 Å². The second-order valence-electron chi connectivity index (χ2n) is 6.32. The SMILES string of the molecule is O=C(COc1ccc(Cc2ccccc2)cc1)Cc1cccc(C(=O)O)c1. The molecule has 0 bridgehead atoms. The Hall–Kier alpha value is -3.40. The fourth-order valence-electron chi connectivity index (χ4n) is 2.79. The number of aromatic carboxylic acids is 1. The van der Waals surface area contributed by atoms with Crippen LogP contribution in [0, 0.1) is 0 Å². The summed E-state index contributed by atoms with van der Waals surface area (Å²) in [5.41, 5.74) is 3.26. The third-order valence-electron chi connectivity index (χ3n) is 4.15. The highest BCUT2D eigenvalue weighted by Crippen LogP contribution is 2.15. The van der Waals surface area contributed by atoms with E-state index in [0.29, 0.717) is 11.3 Å². The van der Waals surface area contributed by atoms with Gasteiger partial charge in [0.25, 0.3) is 0 Å². The minimum absolute atomic E-state index is 0.0463. The normalized spacial score (nSPS) is 10.4. The number of hydrogen-bond donors (Lipinski definition) is 1. The molecular weight excluding hydrogens is 340 g/mol. The van der Waals surface area contributed by atoms with E-state index in [1.807, 2.05) is 42.5 Å². The van der Waals surface area contributed by atoms with E-state index in [2.05, 4.69) is 12.1 Å². The molecule has 1 N–H and O–H groups in total. The average Bonchev–Trinajstić information content (AvgIpc) is 2.68. The number of Topliss-reactive ketones (excluding diaryl/α,β-unsaturated/α-hetero) is 1. The van der Waals surface area contributed by atoms with Crippen molar-refractivity contribution in [2.75, 3.05) is 6.61 Å². The number of carbonyl (C=O) groups is 2. The number of carboxylic acid groups (broad SMARTS) is 1. The Balaban J connectivity index is 1.51. The molecule has 0 aliphatic heterocycles. The van der Waals surface area contributed by atoms with Crippen LogP contribution in [-0.4, -0.2) is 23.5 Å². The molecule has 136 valence electrons. The Labute approximate surface area is 158 Å². The molecule has 4 nitrogen and oxygen atoms in total. The molecule has 0 heterocycles. The maximum atomic E-state index is 12.1. The van der Waals surface area contributed by atoms with Crippen molar-refractivity contribution in [1.82, 2.24) is 0 Å². The number of carbonyl (C=O) groups excluding carboxylic acids is 1. The van der Waals surface area contributed by atoms with Crippen LogP contribution >= 0.6 is 0 Å². The fraction of sp³-hybridized carbons (Fsp3) is 0.130. The van der Waals surface area contributed by atoms with E-state index in [4.69, 9.17) is 9.84 Å². The molecule has 0 atom stereocenters. The first kappa shape index (κ1) is 18.4. The lowest BCUT2D eigenvalue weighted by molar-refractivity contribution is -0.120. The lowest BCUT2D eigenvalue weighted by Gasteiger charge is -2.07. The van der Waals surface area contributed by atoms with E-state index in [1.54, 1.807) is 12.1 Å². The molecule has 3 aromatic rings. The quantitative estimate of drug-likeness (QED) is 0.655. The molecule has 3 rings (SSSR count). The number of rotatable bonds is 8. The summed E-state index contributed by atoms with van der Waals surface area (Å²) < 4.78 is 5.56. The van der Waals surface area contributed by atoms with Gasteiger partial charge in [-0.1, -0.05) is 54.6 Å². The van der Waals surface area contributed by atoms with Crippen molar-refractivity contribution < 1.29 is 19.4 Å². The van der Waals surface area contributed by atoms with Gasteiger partial charge >= 0.3 is 5.97 Å². The molecule has 3 aromatic carbocycles. The first-order chi connectivity index (χ1) is 13.1. The summed E-state index contributed by atoms with van der Waals surface area (Å²) in [7, 11) is 0. The predicted octanol–water partition coefficient (Wildman–Crippen LogP) is 4.17. The molecule has 4 heteroatoms. The third kappa shape index (κ3) is 5.54. The first-order valence-electron chi connectivity index (χ1n) is 8.70. The largest absolute Gasteiger partial charge is 0.486 e. The molecule has 0 saturated carbocycles. The Morgan fingerprint density at radius 1 is 0.778 bits per heavy atom. The number of ether oxygens (including phenoxy) is 1. The topological polar surface area (TPSA) is 63.6 Å². The van der Waals surface area contributed by atoms with Crippen molar-refractivity contribution in [2.24, 2.45) is 0 Å². The first-order valence-corrected chi connectivity index (χ1v) is 8.70. The summed E-state index contributed by atoms with van der Waals surface area (Å²) in [6.07, 6.45) is 0.993. The number of hydrogen-bond acceptors (Lipinski definition) is 3. The maximum Gasteiger partial charge on any atom is 0.335 e. The highest BCUT2D eigenvalue weighted by molar-refractivity contribution is 5.88. The van der Waals surface area contributed by atoms with Crippen LogP contribution in [0.15, 0.2) is 78.9 Å². The summed E-state index contributed by atoms with van der Waals surface area (Å²) in [4.78, 5) is 23.1. The Kier molecular flexibility index (Phi) is 6.00. The zero-order chi connectivity index (χ0) is 19.1. The fourth-order valence-corrected chi connectivity index (χ4v) is 2.79. The number of ketones is 1. The molecule has 0 aliphatic carbocycles. The molecular formula is C23H20O4. The zero-order valence-electron chi connectivity index (χ0n) is 14.8. The highest BCUT2D eigenvalue weighted by Gasteiger charge is 2.08. The molecule has 27 heavy (non-hydrogen) atoms. The van der Waals surface area contributed by atoms with E-state index in [1.165, 1.54) is 23.3 Å². The van der Waals surface area contributed by atoms with Crippen LogP contribution in [0.4, 0.5) is 0 Å². The number of carboxylic acids is 1. The molecule has 0 fully saturated rings. The summed E-state index contributed by atoms with van der Waals surface area (Å²) in [6, 6.07) is 24.3.